The number of carbonyl (C=O) groups excluding carboxylic acids is 1. The van der Waals surface area contributed by atoms with Crippen LogP contribution in [0.25, 0.3) is 0 Å². The van der Waals surface area contributed by atoms with E-state index in [1.807, 2.05) is 12.3 Å². The van der Waals surface area contributed by atoms with Gasteiger partial charge < -0.3 is 20.1 Å². The van der Waals surface area contributed by atoms with Gasteiger partial charge in [-0.1, -0.05) is 6.92 Å². The van der Waals surface area contributed by atoms with Gasteiger partial charge in [0.25, 0.3) is 0 Å². The molecule has 0 fully saturated rings. The molecule has 22 heavy (non-hydrogen) atoms. The second-order valence-corrected chi connectivity index (χ2v) is 5.39. The molecule has 1 aromatic carbocycles. The molecule has 0 saturated heterocycles. The third-order valence-corrected chi connectivity index (χ3v) is 3.81. The number of anilines is 2. The molecule has 0 aliphatic rings. The maximum atomic E-state index is 12.3. The van der Waals surface area contributed by atoms with Gasteiger partial charge in [0.1, 0.15) is 17.5 Å². The van der Waals surface area contributed by atoms with E-state index in [4.69, 9.17) is 9.47 Å². The second-order valence-electron chi connectivity index (χ2n) is 4.50. The number of methoxy groups -OCH3 is 2. The van der Waals surface area contributed by atoms with Gasteiger partial charge in [-0.15, -0.1) is 11.3 Å². The molecular formula is C15H19N3O3S. The van der Waals surface area contributed by atoms with Gasteiger partial charge in [0.2, 0.25) is 5.91 Å². The summed E-state index contributed by atoms with van der Waals surface area (Å²) in [6.45, 7) is 1.94. The van der Waals surface area contributed by atoms with E-state index in [0.717, 1.165) is 0 Å². The van der Waals surface area contributed by atoms with Crippen molar-refractivity contribution in [1.29, 1.82) is 0 Å². The Morgan fingerprint density at radius 1 is 1.36 bits per heavy atom. The molecular weight excluding hydrogens is 302 g/mol. The first kappa shape index (κ1) is 16.1. The van der Waals surface area contributed by atoms with E-state index in [9.17, 15) is 4.79 Å². The molecule has 2 rings (SSSR count). The van der Waals surface area contributed by atoms with Crippen LogP contribution in [0.5, 0.6) is 11.5 Å². The Kier molecular flexibility index (Phi) is 5.60. The average molecular weight is 321 g/mol. The molecule has 0 spiro atoms. The third-order valence-electron chi connectivity index (χ3n) is 3.12. The number of aromatic nitrogens is 1. The fraction of sp³-hybridized carbons (Fsp3) is 0.333. The van der Waals surface area contributed by atoms with Crippen molar-refractivity contribution in [1.82, 2.24) is 4.98 Å². The number of ether oxygens (including phenoxy) is 2. The molecule has 0 aliphatic carbocycles. The molecule has 0 unspecified atom stereocenters. The molecule has 1 aromatic heterocycles. The minimum Gasteiger partial charge on any atom is -0.497 e. The highest BCUT2D eigenvalue weighted by molar-refractivity contribution is 7.13. The number of thiazole rings is 1. The van der Waals surface area contributed by atoms with Crippen LogP contribution in [0, 0.1) is 0 Å². The van der Waals surface area contributed by atoms with E-state index in [2.05, 4.69) is 15.6 Å². The van der Waals surface area contributed by atoms with Crippen LogP contribution in [-0.4, -0.2) is 31.2 Å². The van der Waals surface area contributed by atoms with E-state index in [1.54, 1.807) is 38.6 Å². The summed E-state index contributed by atoms with van der Waals surface area (Å²) in [7, 11) is 3.18. The zero-order chi connectivity index (χ0) is 15.9. The Morgan fingerprint density at radius 2 is 2.18 bits per heavy atom. The summed E-state index contributed by atoms with van der Waals surface area (Å²) in [6.07, 6.45) is 2.28. The maximum absolute atomic E-state index is 12.3. The van der Waals surface area contributed by atoms with Gasteiger partial charge in [-0.3, -0.25) is 4.79 Å². The van der Waals surface area contributed by atoms with Crippen molar-refractivity contribution in [3.63, 3.8) is 0 Å². The highest BCUT2D eigenvalue weighted by Gasteiger charge is 2.19. The SMILES string of the molecule is CC[C@@H](Nc1cc(OC)ccc1OC)C(=O)Nc1nccs1. The van der Waals surface area contributed by atoms with Gasteiger partial charge in [0.05, 0.1) is 19.9 Å². The van der Waals surface area contributed by atoms with Crippen molar-refractivity contribution in [2.24, 2.45) is 0 Å². The van der Waals surface area contributed by atoms with Crippen LogP contribution in [0.15, 0.2) is 29.8 Å². The monoisotopic (exact) mass is 321 g/mol. The third kappa shape index (κ3) is 3.88. The van der Waals surface area contributed by atoms with Crippen LogP contribution in [0.2, 0.25) is 0 Å². The van der Waals surface area contributed by atoms with Crippen LogP contribution in [0.3, 0.4) is 0 Å². The van der Waals surface area contributed by atoms with Crippen molar-refractivity contribution < 1.29 is 14.3 Å². The average Bonchev–Trinajstić information content (AvgIpc) is 3.05. The summed E-state index contributed by atoms with van der Waals surface area (Å²) in [5.41, 5.74) is 0.711. The number of rotatable bonds is 7. The van der Waals surface area contributed by atoms with Crippen LogP contribution < -0.4 is 20.1 Å². The van der Waals surface area contributed by atoms with Crippen LogP contribution >= 0.6 is 11.3 Å². The number of amides is 1. The molecule has 7 heteroatoms. The first-order valence-electron chi connectivity index (χ1n) is 6.86. The number of benzene rings is 1. The summed E-state index contributed by atoms with van der Waals surface area (Å²) in [4.78, 5) is 16.4. The normalized spacial score (nSPS) is 11.6. The van der Waals surface area contributed by atoms with Gasteiger partial charge in [-0.2, -0.15) is 0 Å². The molecule has 118 valence electrons. The zero-order valence-electron chi connectivity index (χ0n) is 12.8. The Balaban J connectivity index is 2.13. The quantitative estimate of drug-likeness (QED) is 0.820. The number of nitrogens with zero attached hydrogens (tertiary/aromatic N) is 1. The smallest absolute Gasteiger partial charge is 0.248 e. The highest BCUT2D eigenvalue weighted by Crippen LogP contribution is 2.29. The fourth-order valence-electron chi connectivity index (χ4n) is 1.95. The number of hydrogen-bond acceptors (Lipinski definition) is 6. The molecule has 1 heterocycles. The fourth-order valence-corrected chi connectivity index (χ4v) is 2.48. The summed E-state index contributed by atoms with van der Waals surface area (Å²) in [6, 6.07) is 5.01. The van der Waals surface area contributed by atoms with Crippen LogP contribution in [0.1, 0.15) is 13.3 Å². The molecule has 0 aliphatic heterocycles. The first-order valence-corrected chi connectivity index (χ1v) is 7.74. The molecule has 0 bridgehead atoms. The number of hydrogen-bond donors (Lipinski definition) is 2. The van der Waals surface area contributed by atoms with Gasteiger partial charge in [-0.25, -0.2) is 4.98 Å². The van der Waals surface area contributed by atoms with Crippen LogP contribution in [0.4, 0.5) is 10.8 Å². The standard InChI is InChI=1S/C15H19N3O3S/c1-4-11(14(19)18-15-16-7-8-22-15)17-12-9-10(20-2)5-6-13(12)21-3/h5-9,11,17H,4H2,1-3H3,(H,16,18,19)/t11-/m1/s1. The maximum Gasteiger partial charge on any atom is 0.248 e. The Morgan fingerprint density at radius 3 is 2.77 bits per heavy atom. The Bertz CT molecular complexity index is 617. The summed E-state index contributed by atoms with van der Waals surface area (Å²) in [5.74, 6) is 1.21. The topological polar surface area (TPSA) is 72.5 Å². The highest BCUT2D eigenvalue weighted by atomic mass is 32.1. The van der Waals surface area contributed by atoms with E-state index in [1.165, 1.54) is 11.3 Å². The Hall–Kier alpha value is -2.28. The van der Waals surface area contributed by atoms with Gasteiger partial charge in [0, 0.05) is 17.6 Å². The van der Waals surface area contributed by atoms with Crippen LogP contribution in [-0.2, 0) is 4.79 Å². The van der Waals surface area contributed by atoms with Crippen molar-refractivity contribution in [2.75, 3.05) is 24.9 Å². The summed E-state index contributed by atoms with van der Waals surface area (Å²) < 4.78 is 10.5. The van der Waals surface area contributed by atoms with E-state index >= 15 is 0 Å². The Labute approximate surface area is 133 Å². The molecule has 0 saturated carbocycles. The van der Waals surface area contributed by atoms with Crippen molar-refractivity contribution in [3.8, 4) is 11.5 Å². The van der Waals surface area contributed by atoms with E-state index < -0.39 is 6.04 Å². The number of carbonyl (C=O) groups is 1. The largest absolute Gasteiger partial charge is 0.497 e. The lowest BCUT2D eigenvalue weighted by molar-refractivity contribution is -0.116. The minimum absolute atomic E-state index is 0.137. The van der Waals surface area contributed by atoms with E-state index in [-0.39, 0.29) is 5.91 Å². The van der Waals surface area contributed by atoms with Crippen molar-refractivity contribution >= 4 is 28.1 Å². The lowest BCUT2D eigenvalue weighted by Crippen LogP contribution is -2.34. The zero-order valence-corrected chi connectivity index (χ0v) is 13.6. The molecule has 2 N–H and O–H groups in total. The number of nitrogens with one attached hydrogen (secondary N) is 2. The summed E-state index contributed by atoms with van der Waals surface area (Å²) in [5, 5.41) is 8.39. The molecule has 1 atom stereocenters. The molecule has 0 radical (unpaired) electrons. The second kappa shape index (κ2) is 7.65. The van der Waals surface area contributed by atoms with Crippen molar-refractivity contribution in [3.05, 3.63) is 29.8 Å². The molecule has 2 aromatic rings. The molecule has 6 nitrogen and oxygen atoms in total. The predicted molar refractivity (Wildman–Crippen MR) is 88.0 cm³/mol. The van der Waals surface area contributed by atoms with Gasteiger partial charge in [-0.05, 0) is 18.6 Å². The van der Waals surface area contributed by atoms with Gasteiger partial charge in [0.15, 0.2) is 5.13 Å². The van der Waals surface area contributed by atoms with Gasteiger partial charge >= 0.3 is 0 Å². The summed E-state index contributed by atoms with van der Waals surface area (Å²) >= 11 is 1.38. The van der Waals surface area contributed by atoms with E-state index in [0.29, 0.717) is 28.7 Å². The lowest BCUT2D eigenvalue weighted by Gasteiger charge is -2.19. The minimum atomic E-state index is -0.398. The lowest BCUT2D eigenvalue weighted by atomic mass is 10.2. The van der Waals surface area contributed by atoms with Crippen molar-refractivity contribution in [2.45, 2.75) is 19.4 Å². The molecule has 1 amide bonds. The predicted octanol–water partition coefficient (Wildman–Crippen LogP) is 2.99. The first-order chi connectivity index (χ1) is 10.7.